The highest BCUT2D eigenvalue weighted by atomic mass is 79.9. The fourth-order valence-electron chi connectivity index (χ4n) is 1.52. The number of methoxy groups -OCH3 is 1. The molecule has 0 saturated heterocycles. The number of thiophene rings is 1. The molecule has 20 heavy (non-hydrogen) atoms. The van der Waals surface area contributed by atoms with E-state index >= 15 is 0 Å². The minimum absolute atomic E-state index is 0.127. The van der Waals surface area contributed by atoms with Crippen LogP contribution < -0.4 is 10.1 Å². The Morgan fingerprint density at radius 1 is 1.25 bits per heavy atom. The van der Waals surface area contributed by atoms with Gasteiger partial charge in [-0.3, -0.25) is 4.79 Å². The Kier molecular flexibility index (Phi) is 4.41. The number of carbonyl (C=O) groups is 2. The van der Waals surface area contributed by atoms with Crippen LogP contribution in [0.15, 0.2) is 34.8 Å². The van der Waals surface area contributed by atoms with Crippen molar-refractivity contribution in [1.82, 2.24) is 0 Å². The topological polar surface area (TPSA) is 75.6 Å². The molecule has 0 aliphatic carbocycles. The van der Waals surface area contributed by atoms with E-state index in [0.717, 1.165) is 15.8 Å². The zero-order valence-electron chi connectivity index (χ0n) is 10.3. The minimum Gasteiger partial charge on any atom is -0.497 e. The van der Waals surface area contributed by atoms with E-state index in [0.29, 0.717) is 16.3 Å². The van der Waals surface area contributed by atoms with Gasteiger partial charge < -0.3 is 15.2 Å². The Morgan fingerprint density at radius 2 is 1.95 bits per heavy atom. The molecule has 0 unspecified atom stereocenters. The number of carboxylic acid groups (broad SMARTS) is 1. The molecule has 5 nitrogen and oxygen atoms in total. The second kappa shape index (κ2) is 6.06. The van der Waals surface area contributed by atoms with Crippen LogP contribution in [0.1, 0.15) is 19.3 Å². The standard InChI is InChI=1S/C13H10BrNO4S/c1-19-9-5-7(14)4-8(6-9)15-12(16)10-2-3-11(20-10)13(17)18/h2-6H,1H3,(H,15,16)(H,17,18). The van der Waals surface area contributed by atoms with Crippen LogP contribution in [0.2, 0.25) is 0 Å². The summed E-state index contributed by atoms with van der Waals surface area (Å²) in [6.45, 7) is 0. The lowest BCUT2D eigenvalue weighted by molar-refractivity contribution is 0.0702. The van der Waals surface area contributed by atoms with E-state index in [-0.39, 0.29) is 10.8 Å². The molecule has 1 heterocycles. The largest absolute Gasteiger partial charge is 0.497 e. The van der Waals surface area contributed by atoms with Gasteiger partial charge in [0, 0.05) is 16.2 Å². The van der Waals surface area contributed by atoms with Crippen molar-refractivity contribution in [2.45, 2.75) is 0 Å². The molecule has 0 fully saturated rings. The number of carboxylic acids is 1. The molecule has 2 rings (SSSR count). The normalized spacial score (nSPS) is 10.1. The minimum atomic E-state index is -1.04. The predicted molar refractivity (Wildman–Crippen MR) is 79.9 cm³/mol. The van der Waals surface area contributed by atoms with Gasteiger partial charge in [0.25, 0.3) is 5.91 Å². The number of benzene rings is 1. The fourth-order valence-corrected chi connectivity index (χ4v) is 2.73. The average molecular weight is 356 g/mol. The van der Waals surface area contributed by atoms with Gasteiger partial charge in [-0.2, -0.15) is 0 Å². The Hall–Kier alpha value is -1.86. The number of nitrogens with one attached hydrogen (secondary N) is 1. The van der Waals surface area contributed by atoms with Gasteiger partial charge in [-0.1, -0.05) is 15.9 Å². The lowest BCUT2D eigenvalue weighted by Crippen LogP contribution is -2.10. The summed E-state index contributed by atoms with van der Waals surface area (Å²) in [7, 11) is 1.53. The van der Waals surface area contributed by atoms with Crippen LogP contribution in [0.4, 0.5) is 5.69 Å². The van der Waals surface area contributed by atoms with E-state index in [1.165, 1.54) is 19.2 Å². The van der Waals surface area contributed by atoms with Crippen LogP contribution in [-0.2, 0) is 0 Å². The molecule has 0 saturated carbocycles. The van der Waals surface area contributed by atoms with Crippen LogP contribution in [-0.4, -0.2) is 24.1 Å². The van der Waals surface area contributed by atoms with Crippen LogP contribution in [0.25, 0.3) is 0 Å². The van der Waals surface area contributed by atoms with Crippen molar-refractivity contribution in [2.24, 2.45) is 0 Å². The van der Waals surface area contributed by atoms with Crippen molar-refractivity contribution >= 4 is 44.8 Å². The van der Waals surface area contributed by atoms with Crippen LogP contribution in [0.5, 0.6) is 5.75 Å². The summed E-state index contributed by atoms with van der Waals surface area (Å²) >= 11 is 4.24. The first kappa shape index (κ1) is 14.5. The van der Waals surface area contributed by atoms with Crippen molar-refractivity contribution in [3.63, 3.8) is 0 Å². The highest BCUT2D eigenvalue weighted by Gasteiger charge is 2.13. The third-order valence-corrected chi connectivity index (χ3v) is 3.94. The molecule has 2 aromatic rings. The summed E-state index contributed by atoms with van der Waals surface area (Å²) in [5, 5.41) is 11.5. The average Bonchev–Trinajstić information content (AvgIpc) is 2.87. The maximum atomic E-state index is 12.0. The molecular weight excluding hydrogens is 346 g/mol. The molecule has 1 aromatic heterocycles. The fraction of sp³-hybridized carbons (Fsp3) is 0.0769. The summed E-state index contributed by atoms with van der Waals surface area (Å²) in [5.41, 5.74) is 0.562. The smallest absolute Gasteiger partial charge is 0.345 e. The van der Waals surface area contributed by atoms with Crippen LogP contribution >= 0.6 is 27.3 Å². The number of aromatic carboxylic acids is 1. The quantitative estimate of drug-likeness (QED) is 0.880. The van der Waals surface area contributed by atoms with Gasteiger partial charge in [0.15, 0.2) is 0 Å². The molecular formula is C13H10BrNO4S. The molecule has 0 spiro atoms. The van der Waals surface area contributed by atoms with E-state index in [4.69, 9.17) is 9.84 Å². The van der Waals surface area contributed by atoms with Crippen molar-refractivity contribution in [3.8, 4) is 5.75 Å². The zero-order valence-corrected chi connectivity index (χ0v) is 12.7. The number of rotatable bonds is 4. The Morgan fingerprint density at radius 3 is 2.55 bits per heavy atom. The molecule has 0 aliphatic rings. The van der Waals surface area contributed by atoms with Crippen molar-refractivity contribution in [3.05, 3.63) is 44.6 Å². The maximum Gasteiger partial charge on any atom is 0.345 e. The number of amides is 1. The van der Waals surface area contributed by atoms with Gasteiger partial charge in [0.1, 0.15) is 10.6 Å². The highest BCUT2D eigenvalue weighted by molar-refractivity contribution is 9.10. The van der Waals surface area contributed by atoms with Crippen molar-refractivity contribution < 1.29 is 19.4 Å². The van der Waals surface area contributed by atoms with E-state index in [1.54, 1.807) is 18.2 Å². The van der Waals surface area contributed by atoms with E-state index in [1.807, 2.05) is 0 Å². The van der Waals surface area contributed by atoms with E-state index in [9.17, 15) is 9.59 Å². The number of carbonyl (C=O) groups excluding carboxylic acids is 1. The van der Waals surface area contributed by atoms with E-state index < -0.39 is 5.97 Å². The molecule has 104 valence electrons. The predicted octanol–water partition coefficient (Wildman–Crippen LogP) is 3.47. The molecule has 2 N–H and O–H groups in total. The van der Waals surface area contributed by atoms with Gasteiger partial charge in [0.2, 0.25) is 0 Å². The lowest BCUT2D eigenvalue weighted by Gasteiger charge is -2.07. The first-order chi connectivity index (χ1) is 9.49. The van der Waals surface area contributed by atoms with Crippen molar-refractivity contribution in [2.75, 3.05) is 12.4 Å². The summed E-state index contributed by atoms with van der Waals surface area (Å²) in [5.74, 6) is -0.798. The summed E-state index contributed by atoms with van der Waals surface area (Å²) in [6, 6.07) is 8.06. The lowest BCUT2D eigenvalue weighted by atomic mass is 10.3. The first-order valence-electron chi connectivity index (χ1n) is 5.48. The summed E-state index contributed by atoms with van der Waals surface area (Å²) in [6.07, 6.45) is 0. The molecule has 1 amide bonds. The Balaban J connectivity index is 2.18. The Labute approximate surface area is 127 Å². The van der Waals surface area contributed by atoms with Gasteiger partial charge in [-0.05, 0) is 24.3 Å². The highest BCUT2D eigenvalue weighted by Crippen LogP contribution is 2.25. The number of halogens is 1. The summed E-state index contributed by atoms with van der Waals surface area (Å²) < 4.78 is 5.87. The Bertz CT molecular complexity index is 668. The van der Waals surface area contributed by atoms with Gasteiger partial charge >= 0.3 is 5.97 Å². The molecule has 0 atom stereocenters. The maximum absolute atomic E-state index is 12.0. The number of hydrogen-bond donors (Lipinski definition) is 2. The number of anilines is 1. The second-order valence-electron chi connectivity index (χ2n) is 3.80. The SMILES string of the molecule is COc1cc(Br)cc(NC(=O)c2ccc(C(=O)O)s2)c1. The molecule has 7 heteroatoms. The van der Waals surface area contributed by atoms with Crippen molar-refractivity contribution in [1.29, 1.82) is 0 Å². The molecule has 0 aliphatic heterocycles. The number of hydrogen-bond acceptors (Lipinski definition) is 4. The molecule has 0 radical (unpaired) electrons. The van der Waals surface area contributed by atoms with E-state index in [2.05, 4.69) is 21.2 Å². The number of ether oxygens (including phenoxy) is 1. The monoisotopic (exact) mass is 355 g/mol. The summed E-state index contributed by atoms with van der Waals surface area (Å²) in [4.78, 5) is 23.3. The molecule has 0 bridgehead atoms. The van der Waals surface area contributed by atoms with Gasteiger partial charge in [0.05, 0.1) is 12.0 Å². The third kappa shape index (κ3) is 3.37. The molecule has 1 aromatic carbocycles. The first-order valence-corrected chi connectivity index (χ1v) is 7.09. The second-order valence-corrected chi connectivity index (χ2v) is 5.80. The van der Waals surface area contributed by atoms with Gasteiger partial charge in [-0.25, -0.2) is 4.79 Å². The third-order valence-electron chi connectivity index (χ3n) is 2.41. The van der Waals surface area contributed by atoms with Gasteiger partial charge in [-0.15, -0.1) is 11.3 Å². The van der Waals surface area contributed by atoms with Crippen LogP contribution in [0.3, 0.4) is 0 Å². The zero-order chi connectivity index (χ0) is 14.7. The van der Waals surface area contributed by atoms with Crippen LogP contribution in [0, 0.1) is 0 Å².